The van der Waals surface area contributed by atoms with Crippen LogP contribution in [0.2, 0.25) is 0 Å². The van der Waals surface area contributed by atoms with Crippen LogP contribution in [0.5, 0.6) is 0 Å². The molecule has 0 rings (SSSR count). The van der Waals surface area contributed by atoms with Crippen molar-refractivity contribution in [2.24, 2.45) is 5.92 Å². The molecular weight excluding hydrogens is 1170 g/mol. The molecule has 0 fully saturated rings. The van der Waals surface area contributed by atoms with Crippen molar-refractivity contribution in [2.45, 2.75) is 380 Å². The van der Waals surface area contributed by atoms with Gasteiger partial charge in [0.05, 0.1) is 26.4 Å². The van der Waals surface area contributed by atoms with Gasteiger partial charge in [-0.25, -0.2) is 9.13 Å². The number of esters is 4. The van der Waals surface area contributed by atoms with Gasteiger partial charge in [-0.15, -0.1) is 0 Å². The minimum absolute atomic E-state index is 0.103. The van der Waals surface area contributed by atoms with Crippen LogP contribution in [0.4, 0.5) is 0 Å². The lowest BCUT2D eigenvalue weighted by atomic mass is 10.0. The number of phosphoric ester groups is 2. The minimum Gasteiger partial charge on any atom is -0.462 e. The van der Waals surface area contributed by atoms with Crippen LogP contribution in [0.15, 0.2) is 0 Å². The van der Waals surface area contributed by atoms with Gasteiger partial charge in [0.1, 0.15) is 19.3 Å². The van der Waals surface area contributed by atoms with Gasteiger partial charge >= 0.3 is 39.5 Å². The van der Waals surface area contributed by atoms with Crippen LogP contribution >= 0.6 is 15.6 Å². The molecule has 0 aliphatic heterocycles. The molecule has 0 aliphatic carbocycles. The molecule has 0 saturated heterocycles. The summed E-state index contributed by atoms with van der Waals surface area (Å²) in [6, 6.07) is 0. The molecule has 2 unspecified atom stereocenters. The highest BCUT2D eigenvalue weighted by molar-refractivity contribution is 7.47. The molecule has 0 spiro atoms. The van der Waals surface area contributed by atoms with E-state index in [1.54, 1.807) is 0 Å². The van der Waals surface area contributed by atoms with Crippen LogP contribution in [0.25, 0.3) is 0 Å². The number of aliphatic hydroxyl groups excluding tert-OH is 1. The highest BCUT2D eigenvalue weighted by Gasteiger charge is 2.30. The highest BCUT2D eigenvalue weighted by atomic mass is 31.2. The number of carbonyl (C=O) groups excluding carboxylic acids is 4. The van der Waals surface area contributed by atoms with Crippen molar-refractivity contribution >= 4 is 39.5 Å². The summed E-state index contributed by atoms with van der Waals surface area (Å²) in [5.74, 6) is -1.35. The second kappa shape index (κ2) is 63.5. The second-order valence-corrected chi connectivity index (χ2v) is 28.7. The number of aliphatic hydroxyl groups is 1. The molecule has 0 aromatic rings. The molecule has 0 aromatic heterocycles. The number of rotatable bonds is 70. The van der Waals surface area contributed by atoms with E-state index in [-0.39, 0.29) is 25.7 Å². The predicted octanol–water partition coefficient (Wildman–Crippen LogP) is 20.1. The van der Waals surface area contributed by atoms with Crippen molar-refractivity contribution in [3.8, 4) is 0 Å². The maximum absolute atomic E-state index is 13.0. The first-order valence-electron chi connectivity index (χ1n) is 36.6. The molecule has 19 heteroatoms. The van der Waals surface area contributed by atoms with Gasteiger partial charge in [0.25, 0.3) is 0 Å². The molecule has 3 N–H and O–H groups in total. The molecule has 0 bridgehead atoms. The molecule has 89 heavy (non-hydrogen) atoms. The molecule has 17 nitrogen and oxygen atoms in total. The first-order valence-corrected chi connectivity index (χ1v) is 39.6. The van der Waals surface area contributed by atoms with Gasteiger partial charge in [-0.2, -0.15) is 0 Å². The van der Waals surface area contributed by atoms with E-state index in [2.05, 4.69) is 34.6 Å². The molecule has 0 saturated carbocycles. The minimum atomic E-state index is -4.95. The standard InChI is InChI=1S/C70H136O17P2/c1-6-9-12-15-17-18-19-20-21-22-23-24-25-26-27-30-34-37-41-46-51-56-70(75)87-66(60-81-68(73)54-49-44-40-36-33-31-28-29-32-35-39-43-47-52-63(4)5)62-85-89(78,79)83-58-64(71)57-82-88(76,77)84-61-65(59-80-67(72)53-48-42-14-11-8-3)86-69(74)55-50-45-38-16-13-10-7-2/h63-66,71H,6-62H2,1-5H3,(H,76,77)(H,78,79)/t64-,65+,66+/m0/s1. The maximum Gasteiger partial charge on any atom is 0.472 e. The third-order valence-corrected chi connectivity index (χ3v) is 18.2. The zero-order valence-electron chi connectivity index (χ0n) is 57.6. The normalized spacial score (nSPS) is 14.1. The third kappa shape index (κ3) is 64.6. The largest absolute Gasteiger partial charge is 0.472 e. The van der Waals surface area contributed by atoms with Crippen molar-refractivity contribution in [3.63, 3.8) is 0 Å². The van der Waals surface area contributed by atoms with E-state index in [1.165, 1.54) is 167 Å². The smallest absolute Gasteiger partial charge is 0.462 e. The highest BCUT2D eigenvalue weighted by Crippen LogP contribution is 2.45. The van der Waals surface area contributed by atoms with E-state index >= 15 is 0 Å². The molecule has 528 valence electrons. The van der Waals surface area contributed by atoms with Gasteiger partial charge in [-0.3, -0.25) is 37.3 Å². The Kier molecular flexibility index (Phi) is 62.1. The summed E-state index contributed by atoms with van der Waals surface area (Å²) >= 11 is 0. The van der Waals surface area contributed by atoms with E-state index in [0.717, 1.165) is 115 Å². The van der Waals surface area contributed by atoms with Gasteiger partial charge in [0.15, 0.2) is 12.2 Å². The van der Waals surface area contributed by atoms with Gasteiger partial charge in [-0.05, 0) is 31.6 Å². The summed E-state index contributed by atoms with van der Waals surface area (Å²) in [5, 5.41) is 10.5. The summed E-state index contributed by atoms with van der Waals surface area (Å²) in [4.78, 5) is 72.1. The topological polar surface area (TPSA) is 237 Å². The third-order valence-electron chi connectivity index (χ3n) is 16.3. The second-order valence-electron chi connectivity index (χ2n) is 25.7. The monoisotopic (exact) mass is 1310 g/mol. The van der Waals surface area contributed by atoms with E-state index in [0.29, 0.717) is 25.7 Å². The molecule has 0 radical (unpaired) electrons. The van der Waals surface area contributed by atoms with E-state index in [9.17, 15) is 43.2 Å². The molecule has 0 heterocycles. The molecule has 0 amide bonds. The van der Waals surface area contributed by atoms with Gasteiger partial charge < -0.3 is 33.8 Å². The first-order chi connectivity index (χ1) is 43.0. The molecule has 0 aliphatic rings. The summed E-state index contributed by atoms with van der Waals surface area (Å²) in [5.41, 5.74) is 0. The van der Waals surface area contributed by atoms with E-state index < -0.39 is 97.5 Å². The van der Waals surface area contributed by atoms with Crippen LogP contribution < -0.4 is 0 Å². The van der Waals surface area contributed by atoms with Crippen molar-refractivity contribution < 1.29 is 80.2 Å². The van der Waals surface area contributed by atoms with Crippen LogP contribution in [-0.2, 0) is 65.4 Å². The number of ether oxygens (including phenoxy) is 4. The lowest BCUT2D eigenvalue weighted by Gasteiger charge is -2.21. The van der Waals surface area contributed by atoms with Crippen molar-refractivity contribution in [3.05, 3.63) is 0 Å². The Morgan fingerprint density at radius 1 is 0.303 bits per heavy atom. The summed E-state index contributed by atoms with van der Waals surface area (Å²) in [6.45, 7) is 7.12. The van der Waals surface area contributed by atoms with Crippen LogP contribution in [-0.4, -0.2) is 96.7 Å². The lowest BCUT2D eigenvalue weighted by Crippen LogP contribution is -2.30. The molecule has 5 atom stereocenters. The number of phosphoric acid groups is 2. The van der Waals surface area contributed by atoms with E-state index in [1.807, 2.05) is 0 Å². The SMILES string of the molecule is CCCCCCCCCCCCCCCCCCCCCCCC(=O)O[C@H](COC(=O)CCCCCCCCCCCCCCCC(C)C)COP(=O)(O)OC[C@@H](O)COP(=O)(O)OC[C@@H](COC(=O)CCCCCCC)OC(=O)CCCCCCCCC. The number of carbonyl (C=O) groups is 4. The Labute approximate surface area is 543 Å². The zero-order valence-corrected chi connectivity index (χ0v) is 59.4. The number of hydrogen-bond acceptors (Lipinski definition) is 15. The van der Waals surface area contributed by atoms with Crippen LogP contribution in [0, 0.1) is 5.92 Å². The van der Waals surface area contributed by atoms with Crippen molar-refractivity contribution in [1.29, 1.82) is 0 Å². The average Bonchev–Trinajstić information content (AvgIpc) is 3.69. The van der Waals surface area contributed by atoms with Crippen molar-refractivity contribution in [2.75, 3.05) is 39.6 Å². The lowest BCUT2D eigenvalue weighted by molar-refractivity contribution is -0.161. The van der Waals surface area contributed by atoms with Gasteiger partial charge in [0, 0.05) is 25.7 Å². The van der Waals surface area contributed by atoms with Crippen LogP contribution in [0.3, 0.4) is 0 Å². The Bertz CT molecular complexity index is 1720. The van der Waals surface area contributed by atoms with Crippen molar-refractivity contribution in [1.82, 2.24) is 0 Å². The summed E-state index contributed by atoms with van der Waals surface area (Å²) < 4.78 is 67.9. The Morgan fingerprint density at radius 2 is 0.517 bits per heavy atom. The predicted molar refractivity (Wildman–Crippen MR) is 358 cm³/mol. The summed E-state index contributed by atoms with van der Waals surface area (Å²) in [6.07, 6.45) is 50.7. The Hall–Kier alpha value is -1.94. The Balaban J connectivity index is 5.08. The molecule has 0 aromatic carbocycles. The average molecular weight is 1310 g/mol. The van der Waals surface area contributed by atoms with Gasteiger partial charge in [0.2, 0.25) is 0 Å². The fourth-order valence-electron chi connectivity index (χ4n) is 10.6. The Morgan fingerprint density at radius 3 is 0.764 bits per heavy atom. The van der Waals surface area contributed by atoms with E-state index in [4.69, 9.17) is 37.0 Å². The maximum atomic E-state index is 13.0. The zero-order chi connectivity index (χ0) is 65.6. The fraction of sp³-hybridized carbons (Fsp3) is 0.943. The first kappa shape index (κ1) is 87.1. The fourth-order valence-corrected chi connectivity index (χ4v) is 12.2. The molecular formula is C70H136O17P2. The summed E-state index contributed by atoms with van der Waals surface area (Å²) in [7, 11) is -9.88. The van der Waals surface area contributed by atoms with Crippen LogP contribution in [0.1, 0.15) is 362 Å². The van der Waals surface area contributed by atoms with Gasteiger partial charge in [-0.1, -0.05) is 311 Å². The number of hydrogen-bond donors (Lipinski definition) is 3. The number of unbranched alkanes of at least 4 members (excludes halogenated alkanes) is 42. The quantitative estimate of drug-likeness (QED) is 0.0222.